The Bertz CT molecular complexity index is 441. The van der Waals surface area contributed by atoms with Crippen molar-refractivity contribution in [2.45, 2.75) is 18.4 Å². The maximum atomic E-state index is 5.93. The van der Waals surface area contributed by atoms with Crippen molar-refractivity contribution < 1.29 is 4.42 Å². The van der Waals surface area contributed by atoms with E-state index in [1.807, 2.05) is 18.5 Å². The lowest BCUT2D eigenvalue weighted by Gasteiger charge is -1.98. The normalized spacial score (nSPS) is 18.4. The zero-order valence-electron chi connectivity index (χ0n) is 7.53. The molecule has 5 nitrogen and oxygen atoms in total. The van der Waals surface area contributed by atoms with Crippen LogP contribution >= 0.6 is 0 Å². The highest BCUT2D eigenvalue weighted by Crippen LogP contribution is 2.42. The molecule has 0 aliphatic heterocycles. The summed E-state index contributed by atoms with van der Waals surface area (Å²) < 4.78 is 5.49. The summed E-state index contributed by atoms with van der Waals surface area (Å²) >= 11 is 0. The standard InChI is InChI=1S/C9H10N4O/c10-9(2-3-9)8-13-12-7(14-8)6-1-4-11-5-6/h1,4-5,11H,2-3,10H2. The quantitative estimate of drug-likeness (QED) is 0.740. The van der Waals surface area contributed by atoms with Gasteiger partial charge in [0.15, 0.2) is 0 Å². The zero-order valence-corrected chi connectivity index (χ0v) is 7.53. The molecule has 2 aromatic heterocycles. The summed E-state index contributed by atoms with van der Waals surface area (Å²) in [6.45, 7) is 0. The number of nitrogens with one attached hydrogen (secondary N) is 1. The number of nitrogens with two attached hydrogens (primary N) is 1. The van der Waals surface area contributed by atoms with Crippen molar-refractivity contribution in [3.05, 3.63) is 24.4 Å². The minimum absolute atomic E-state index is 0.346. The van der Waals surface area contributed by atoms with E-state index in [4.69, 9.17) is 10.2 Å². The second-order valence-corrected chi connectivity index (χ2v) is 3.67. The van der Waals surface area contributed by atoms with Crippen molar-refractivity contribution in [2.24, 2.45) is 5.73 Å². The van der Waals surface area contributed by atoms with Gasteiger partial charge in [0.05, 0.1) is 11.1 Å². The average molecular weight is 190 g/mol. The van der Waals surface area contributed by atoms with Crippen LogP contribution in [0.1, 0.15) is 18.7 Å². The van der Waals surface area contributed by atoms with Crippen molar-refractivity contribution >= 4 is 0 Å². The Morgan fingerprint density at radius 3 is 2.93 bits per heavy atom. The number of nitrogens with zero attached hydrogens (tertiary/aromatic N) is 2. The first-order valence-corrected chi connectivity index (χ1v) is 4.54. The van der Waals surface area contributed by atoms with Crippen LogP contribution in [-0.2, 0) is 5.54 Å². The first-order valence-electron chi connectivity index (χ1n) is 4.54. The molecule has 1 aliphatic rings. The zero-order chi connectivity index (χ0) is 9.60. The molecule has 3 N–H and O–H groups in total. The van der Waals surface area contributed by atoms with Crippen LogP contribution < -0.4 is 5.73 Å². The number of hydrogen-bond donors (Lipinski definition) is 2. The molecule has 72 valence electrons. The number of rotatable bonds is 2. The summed E-state index contributed by atoms with van der Waals surface area (Å²) in [4.78, 5) is 2.93. The Labute approximate surface area is 80.3 Å². The van der Waals surface area contributed by atoms with Gasteiger partial charge in [-0.2, -0.15) is 0 Å². The molecule has 3 rings (SSSR count). The second kappa shape index (κ2) is 2.45. The first-order chi connectivity index (χ1) is 6.78. The van der Waals surface area contributed by atoms with Crippen LogP contribution in [0.5, 0.6) is 0 Å². The summed E-state index contributed by atoms with van der Waals surface area (Å²) in [7, 11) is 0. The summed E-state index contributed by atoms with van der Waals surface area (Å²) in [5.74, 6) is 1.08. The van der Waals surface area contributed by atoms with E-state index in [1.165, 1.54) is 0 Å². The number of H-pyrrole nitrogens is 1. The van der Waals surface area contributed by atoms with Crippen LogP contribution in [0.15, 0.2) is 22.9 Å². The van der Waals surface area contributed by atoms with Gasteiger partial charge >= 0.3 is 0 Å². The average Bonchev–Trinajstić information content (AvgIpc) is 2.73. The summed E-state index contributed by atoms with van der Waals surface area (Å²) in [6, 6.07) is 1.88. The third-order valence-electron chi connectivity index (χ3n) is 2.48. The van der Waals surface area contributed by atoms with Gasteiger partial charge in [-0.25, -0.2) is 0 Å². The van der Waals surface area contributed by atoms with E-state index in [0.717, 1.165) is 18.4 Å². The Hall–Kier alpha value is -1.62. The molecule has 0 bridgehead atoms. The van der Waals surface area contributed by atoms with Crippen molar-refractivity contribution in [1.82, 2.24) is 15.2 Å². The Morgan fingerprint density at radius 2 is 2.29 bits per heavy atom. The van der Waals surface area contributed by atoms with E-state index in [9.17, 15) is 0 Å². The molecule has 0 aromatic carbocycles. The monoisotopic (exact) mass is 190 g/mol. The molecule has 0 unspecified atom stereocenters. The van der Waals surface area contributed by atoms with Crippen molar-refractivity contribution in [1.29, 1.82) is 0 Å². The van der Waals surface area contributed by atoms with Crippen LogP contribution in [0.3, 0.4) is 0 Å². The Balaban J connectivity index is 1.98. The third kappa shape index (κ3) is 1.06. The lowest BCUT2D eigenvalue weighted by Crippen LogP contribution is -2.18. The van der Waals surface area contributed by atoms with Gasteiger partial charge < -0.3 is 15.1 Å². The summed E-state index contributed by atoms with van der Waals surface area (Å²) in [5.41, 5.74) is 6.48. The fourth-order valence-electron chi connectivity index (χ4n) is 1.35. The van der Waals surface area contributed by atoms with Gasteiger partial charge in [-0.3, -0.25) is 0 Å². The van der Waals surface area contributed by atoms with E-state index < -0.39 is 0 Å². The molecule has 2 heterocycles. The SMILES string of the molecule is NC1(c2nnc(-c3cc[nH]c3)o2)CC1. The smallest absolute Gasteiger partial charge is 0.249 e. The molecule has 2 aromatic rings. The predicted octanol–water partition coefficient (Wildman–Crippen LogP) is 1.01. The number of aromatic nitrogens is 3. The van der Waals surface area contributed by atoms with Crippen molar-refractivity contribution in [3.63, 3.8) is 0 Å². The molecular weight excluding hydrogens is 180 g/mol. The second-order valence-electron chi connectivity index (χ2n) is 3.67. The highest BCUT2D eigenvalue weighted by molar-refractivity contribution is 5.50. The molecule has 1 saturated carbocycles. The van der Waals surface area contributed by atoms with Gasteiger partial charge in [-0.15, -0.1) is 10.2 Å². The predicted molar refractivity (Wildman–Crippen MR) is 49.2 cm³/mol. The summed E-state index contributed by atoms with van der Waals surface area (Å²) in [5, 5.41) is 7.90. The molecule has 0 saturated heterocycles. The van der Waals surface area contributed by atoms with Gasteiger partial charge in [0, 0.05) is 12.4 Å². The van der Waals surface area contributed by atoms with E-state index >= 15 is 0 Å². The van der Waals surface area contributed by atoms with Crippen LogP contribution in [0, 0.1) is 0 Å². The Morgan fingerprint density at radius 1 is 1.43 bits per heavy atom. The van der Waals surface area contributed by atoms with Crippen LogP contribution in [0.4, 0.5) is 0 Å². The molecule has 0 amide bonds. The third-order valence-corrected chi connectivity index (χ3v) is 2.48. The molecule has 0 atom stereocenters. The van der Waals surface area contributed by atoms with Crippen molar-refractivity contribution in [3.8, 4) is 11.5 Å². The number of hydrogen-bond acceptors (Lipinski definition) is 4. The van der Waals surface area contributed by atoms with Crippen LogP contribution in [-0.4, -0.2) is 15.2 Å². The lowest BCUT2D eigenvalue weighted by molar-refractivity contribution is 0.449. The minimum Gasteiger partial charge on any atom is -0.419 e. The van der Waals surface area contributed by atoms with E-state index in [0.29, 0.717) is 11.8 Å². The van der Waals surface area contributed by atoms with Gasteiger partial charge in [0.2, 0.25) is 11.8 Å². The molecule has 14 heavy (non-hydrogen) atoms. The van der Waals surface area contributed by atoms with Crippen LogP contribution in [0.25, 0.3) is 11.5 Å². The Kier molecular flexibility index (Phi) is 1.36. The topological polar surface area (TPSA) is 80.7 Å². The fourth-order valence-corrected chi connectivity index (χ4v) is 1.35. The van der Waals surface area contributed by atoms with E-state index in [-0.39, 0.29) is 5.54 Å². The minimum atomic E-state index is -0.346. The maximum Gasteiger partial charge on any atom is 0.249 e. The molecule has 5 heteroatoms. The molecule has 1 fully saturated rings. The van der Waals surface area contributed by atoms with Crippen molar-refractivity contribution in [2.75, 3.05) is 0 Å². The van der Waals surface area contributed by atoms with Crippen LogP contribution in [0.2, 0.25) is 0 Å². The van der Waals surface area contributed by atoms with E-state index in [1.54, 1.807) is 0 Å². The maximum absolute atomic E-state index is 5.93. The molecular formula is C9H10N4O. The highest BCUT2D eigenvalue weighted by atomic mass is 16.4. The van der Waals surface area contributed by atoms with E-state index in [2.05, 4.69) is 15.2 Å². The molecule has 0 radical (unpaired) electrons. The first kappa shape index (κ1) is 7.75. The van der Waals surface area contributed by atoms with Gasteiger partial charge in [-0.1, -0.05) is 0 Å². The highest BCUT2D eigenvalue weighted by Gasteiger charge is 2.45. The largest absolute Gasteiger partial charge is 0.419 e. The lowest BCUT2D eigenvalue weighted by atomic mass is 10.3. The fraction of sp³-hybridized carbons (Fsp3) is 0.333. The van der Waals surface area contributed by atoms with Gasteiger partial charge in [-0.05, 0) is 18.9 Å². The molecule has 0 spiro atoms. The molecule has 1 aliphatic carbocycles. The van der Waals surface area contributed by atoms with Gasteiger partial charge in [0.1, 0.15) is 0 Å². The van der Waals surface area contributed by atoms with Gasteiger partial charge in [0.25, 0.3) is 0 Å². The summed E-state index contributed by atoms with van der Waals surface area (Å²) in [6.07, 6.45) is 5.49. The number of aromatic amines is 1.